The third kappa shape index (κ3) is 6.88. The maximum atomic E-state index is 2.70. The Morgan fingerprint density at radius 1 is 0.657 bits per heavy atom. The smallest absolute Gasteiger partial charge is 0.155 e. The fourth-order valence-electron chi connectivity index (χ4n) is 6.60. The molecule has 2 aromatic carbocycles. The summed E-state index contributed by atoms with van der Waals surface area (Å²) in [4.78, 5) is 0. The summed E-state index contributed by atoms with van der Waals surface area (Å²) in [6.07, 6.45) is 19.9. The second-order valence-corrected chi connectivity index (χ2v) is 12.7. The van der Waals surface area contributed by atoms with E-state index in [9.17, 15) is 0 Å². The molecule has 0 radical (unpaired) electrons. The Bertz CT molecular complexity index is 917. The van der Waals surface area contributed by atoms with Crippen LogP contribution in [0, 0.1) is 5.41 Å². The maximum absolute atomic E-state index is 2.70. The number of aryl methyl sites for hydroxylation is 2. The summed E-state index contributed by atoms with van der Waals surface area (Å²) in [7, 11) is 0. The summed E-state index contributed by atoms with van der Waals surface area (Å²) in [6.45, 7) is 5.00. The minimum absolute atomic E-state index is 0.393. The van der Waals surface area contributed by atoms with Gasteiger partial charge in [-0.2, -0.15) is 0 Å². The van der Waals surface area contributed by atoms with Crippen molar-refractivity contribution in [3.05, 3.63) is 71.8 Å². The van der Waals surface area contributed by atoms with Crippen LogP contribution in [0.25, 0.3) is 0 Å². The predicted octanol–water partition coefficient (Wildman–Crippen LogP) is 6.65. The first-order valence-corrected chi connectivity index (χ1v) is 15.1. The Morgan fingerprint density at radius 2 is 1.23 bits per heavy atom. The zero-order chi connectivity index (χ0) is 23.8. The SMILES string of the molecule is C1=[N+](CCCCc2ccccc2)CCCC12CSC1(C=[N+](CCCCc3ccccc3)CCC1)C2. The fourth-order valence-corrected chi connectivity index (χ4v) is 8.39. The van der Waals surface area contributed by atoms with E-state index in [1.807, 2.05) is 0 Å². The molecule has 3 aliphatic rings. The molecule has 2 nitrogen and oxygen atoms in total. The number of thioether (sulfide) groups is 1. The van der Waals surface area contributed by atoms with Gasteiger partial charge in [0, 0.05) is 31.4 Å². The molecule has 0 aliphatic carbocycles. The lowest BCUT2D eigenvalue weighted by Gasteiger charge is -2.30. The lowest BCUT2D eigenvalue weighted by Crippen LogP contribution is -2.41. The van der Waals surface area contributed by atoms with E-state index in [4.69, 9.17) is 0 Å². The van der Waals surface area contributed by atoms with Crippen LogP contribution in [0.5, 0.6) is 0 Å². The molecular formula is C32H44N2S+2. The van der Waals surface area contributed by atoms with Gasteiger partial charge in [0.2, 0.25) is 0 Å². The third-order valence-corrected chi connectivity index (χ3v) is 10.1. The van der Waals surface area contributed by atoms with E-state index >= 15 is 0 Å². The van der Waals surface area contributed by atoms with Crippen LogP contribution in [0.3, 0.4) is 0 Å². The van der Waals surface area contributed by atoms with Crippen LogP contribution in [-0.2, 0) is 12.8 Å². The summed E-state index contributed by atoms with van der Waals surface area (Å²) in [5.74, 6) is 1.33. The van der Waals surface area contributed by atoms with Crippen molar-refractivity contribution in [1.82, 2.24) is 0 Å². The van der Waals surface area contributed by atoms with E-state index in [-0.39, 0.29) is 0 Å². The normalized spacial score (nSPS) is 26.2. The zero-order valence-corrected chi connectivity index (χ0v) is 22.4. The van der Waals surface area contributed by atoms with Gasteiger partial charge in [-0.15, -0.1) is 11.8 Å². The zero-order valence-electron chi connectivity index (χ0n) is 21.5. The van der Waals surface area contributed by atoms with Crippen LogP contribution in [0.1, 0.15) is 68.9 Å². The van der Waals surface area contributed by atoms with E-state index in [1.54, 1.807) is 0 Å². The second-order valence-electron chi connectivity index (χ2n) is 11.3. The van der Waals surface area contributed by atoms with Crippen LogP contribution in [0.15, 0.2) is 60.7 Å². The van der Waals surface area contributed by atoms with Gasteiger partial charge in [-0.1, -0.05) is 60.7 Å². The van der Waals surface area contributed by atoms with Crippen molar-refractivity contribution in [3.8, 4) is 0 Å². The van der Waals surface area contributed by atoms with Gasteiger partial charge >= 0.3 is 0 Å². The maximum Gasteiger partial charge on any atom is 0.155 e. The molecule has 2 spiro atoms. The van der Waals surface area contributed by atoms with Crippen LogP contribution in [0.4, 0.5) is 0 Å². The molecular weight excluding hydrogens is 444 g/mol. The van der Waals surface area contributed by atoms with Gasteiger partial charge in [0.25, 0.3) is 0 Å². The minimum atomic E-state index is 0.393. The lowest BCUT2D eigenvalue weighted by atomic mass is 9.75. The monoisotopic (exact) mass is 488 g/mol. The Kier molecular flexibility index (Phi) is 8.44. The number of hydrogen-bond donors (Lipinski definition) is 0. The van der Waals surface area contributed by atoms with Crippen molar-refractivity contribution in [3.63, 3.8) is 0 Å². The van der Waals surface area contributed by atoms with Gasteiger partial charge in [0.1, 0.15) is 32.4 Å². The van der Waals surface area contributed by atoms with Gasteiger partial charge in [-0.05, 0) is 56.1 Å². The highest BCUT2D eigenvalue weighted by Gasteiger charge is 2.53. The summed E-state index contributed by atoms with van der Waals surface area (Å²) >= 11 is 2.28. The van der Waals surface area contributed by atoms with Crippen molar-refractivity contribution >= 4 is 24.2 Å². The molecule has 3 heterocycles. The molecule has 3 aliphatic heterocycles. The van der Waals surface area contributed by atoms with Gasteiger partial charge < -0.3 is 0 Å². The van der Waals surface area contributed by atoms with E-state index in [0.717, 1.165) is 0 Å². The van der Waals surface area contributed by atoms with Crippen LogP contribution >= 0.6 is 11.8 Å². The van der Waals surface area contributed by atoms with E-state index in [2.05, 4.69) is 94.0 Å². The molecule has 0 N–H and O–H groups in total. The molecule has 1 saturated heterocycles. The van der Waals surface area contributed by atoms with Crippen molar-refractivity contribution in [2.24, 2.45) is 5.41 Å². The number of nitrogens with zero attached hydrogens (tertiary/aromatic N) is 2. The summed E-state index contributed by atoms with van der Waals surface area (Å²) in [5.41, 5.74) is 3.41. The minimum Gasteiger partial charge on any atom is -0.239 e. The Hall–Kier alpha value is -1.87. The van der Waals surface area contributed by atoms with Crippen molar-refractivity contribution in [2.75, 3.05) is 31.9 Å². The number of hydrogen-bond acceptors (Lipinski definition) is 1. The summed E-state index contributed by atoms with van der Waals surface area (Å²) < 4.78 is 5.77. The number of unbranched alkanes of at least 4 members (excludes halogenated alkanes) is 2. The largest absolute Gasteiger partial charge is 0.239 e. The molecule has 5 rings (SSSR count). The van der Waals surface area contributed by atoms with Crippen molar-refractivity contribution in [1.29, 1.82) is 0 Å². The molecule has 2 aromatic rings. The molecule has 0 amide bonds. The summed E-state index contributed by atoms with van der Waals surface area (Å²) in [6, 6.07) is 22.0. The predicted molar refractivity (Wildman–Crippen MR) is 152 cm³/mol. The van der Waals surface area contributed by atoms with Crippen LogP contribution in [-0.4, -0.2) is 58.3 Å². The standard InChI is InChI=1S/C32H44N2S/c1-3-13-29(14-4-1)17-7-9-21-33-23-11-19-31(26-33)25-32(35-28-31)20-12-24-34(27-32)22-10-8-18-30-15-5-2-6-16-30/h1-6,13-16,26-27H,7-12,17-25,28H2/q+2. The highest BCUT2D eigenvalue weighted by atomic mass is 32.2. The van der Waals surface area contributed by atoms with Crippen LogP contribution in [0.2, 0.25) is 0 Å². The third-order valence-electron chi connectivity index (χ3n) is 8.35. The molecule has 3 heteroatoms. The number of benzene rings is 2. The molecule has 186 valence electrons. The second kappa shape index (κ2) is 11.9. The van der Waals surface area contributed by atoms with E-state index < -0.39 is 0 Å². The van der Waals surface area contributed by atoms with Crippen molar-refractivity contribution < 1.29 is 9.15 Å². The lowest BCUT2D eigenvalue weighted by molar-refractivity contribution is -0.533. The highest BCUT2D eigenvalue weighted by Crippen LogP contribution is 2.52. The van der Waals surface area contributed by atoms with Crippen molar-refractivity contribution in [2.45, 2.75) is 75.4 Å². The fraction of sp³-hybridized carbons (Fsp3) is 0.562. The van der Waals surface area contributed by atoms with Gasteiger partial charge in [-0.25, -0.2) is 9.15 Å². The Balaban J connectivity index is 1.12. The molecule has 1 fully saturated rings. The summed E-state index contributed by atoms with van der Waals surface area (Å²) in [5, 5.41) is 0. The topological polar surface area (TPSA) is 6.02 Å². The van der Waals surface area contributed by atoms with E-state index in [1.165, 1.54) is 114 Å². The average Bonchev–Trinajstić information content (AvgIpc) is 3.22. The molecule has 0 saturated carbocycles. The first-order chi connectivity index (χ1) is 17.2. The quantitative estimate of drug-likeness (QED) is 0.268. The molecule has 0 bridgehead atoms. The molecule has 2 atom stereocenters. The average molecular weight is 489 g/mol. The first kappa shape index (κ1) is 24.8. The van der Waals surface area contributed by atoms with Gasteiger partial charge in [0.05, 0.1) is 10.2 Å². The Morgan fingerprint density at radius 3 is 1.86 bits per heavy atom. The molecule has 2 unspecified atom stereocenters. The first-order valence-electron chi connectivity index (χ1n) is 14.1. The highest BCUT2D eigenvalue weighted by molar-refractivity contribution is 8.01. The van der Waals surface area contributed by atoms with Gasteiger partial charge in [-0.3, -0.25) is 0 Å². The van der Waals surface area contributed by atoms with E-state index in [0.29, 0.717) is 10.2 Å². The number of rotatable bonds is 10. The molecule has 35 heavy (non-hydrogen) atoms. The molecule has 0 aromatic heterocycles. The van der Waals surface area contributed by atoms with Gasteiger partial charge in [0.15, 0.2) is 6.21 Å². The van der Waals surface area contributed by atoms with Crippen LogP contribution < -0.4 is 0 Å². The Labute approximate surface area is 217 Å².